The van der Waals surface area contributed by atoms with Gasteiger partial charge in [0.1, 0.15) is 11.6 Å². The van der Waals surface area contributed by atoms with Crippen molar-refractivity contribution >= 4 is 5.78 Å². The van der Waals surface area contributed by atoms with Crippen LogP contribution >= 0.6 is 0 Å². The molecule has 0 spiro atoms. The van der Waals surface area contributed by atoms with Gasteiger partial charge in [-0.15, -0.1) is 0 Å². The van der Waals surface area contributed by atoms with Crippen LogP contribution in [0.5, 0.6) is 5.75 Å². The summed E-state index contributed by atoms with van der Waals surface area (Å²) in [6.07, 6.45) is 4.90. The number of aryl methyl sites for hydroxylation is 1. The van der Waals surface area contributed by atoms with Crippen LogP contribution in [0.1, 0.15) is 51.8 Å². The number of ketones is 1. The molecule has 2 aromatic carbocycles. The number of imidazole rings is 1. The summed E-state index contributed by atoms with van der Waals surface area (Å²) in [7, 11) is 1.61. The largest absolute Gasteiger partial charge is 0.495 e. The molecule has 0 aliphatic carbocycles. The molecule has 0 radical (unpaired) electrons. The maximum absolute atomic E-state index is 13.6. The second kappa shape index (κ2) is 8.74. The minimum atomic E-state index is -0.333. The Balaban J connectivity index is 1.52. The van der Waals surface area contributed by atoms with Crippen LogP contribution in [-0.2, 0) is 6.42 Å². The lowest BCUT2D eigenvalue weighted by molar-refractivity contribution is 0.0945. The number of ether oxygens (including phenoxy) is 1. The third-order valence-corrected chi connectivity index (χ3v) is 6.32. The fourth-order valence-corrected chi connectivity index (χ4v) is 4.61. The summed E-state index contributed by atoms with van der Waals surface area (Å²) in [4.78, 5) is 30.4. The number of Topliss-reactive ketones (excluding diaryl/α,β-unsaturated/α-hetero) is 1. The lowest BCUT2D eigenvalue weighted by Crippen LogP contribution is -2.35. The van der Waals surface area contributed by atoms with Crippen LogP contribution in [0.4, 0.5) is 4.39 Å². The van der Waals surface area contributed by atoms with Gasteiger partial charge in [-0.05, 0) is 54.8 Å². The Hall–Kier alpha value is -4.00. The number of methoxy groups -OCH3 is 1. The summed E-state index contributed by atoms with van der Waals surface area (Å²) < 4.78 is 22.5. The van der Waals surface area contributed by atoms with Gasteiger partial charge in [-0.1, -0.05) is 24.3 Å². The van der Waals surface area contributed by atoms with Crippen LogP contribution in [0.15, 0.2) is 71.9 Å². The highest BCUT2D eigenvalue weighted by Crippen LogP contribution is 2.30. The number of halogens is 1. The summed E-state index contributed by atoms with van der Waals surface area (Å²) in [5, 5.41) is 0. The number of hydrogen-bond donors (Lipinski definition) is 0. The van der Waals surface area contributed by atoms with Crippen LogP contribution in [0.2, 0.25) is 0 Å². The van der Waals surface area contributed by atoms with E-state index in [9.17, 15) is 14.0 Å². The smallest absolute Gasteiger partial charge is 0.255 e. The number of nitrogens with zero attached hydrogens (tertiary/aromatic N) is 3. The van der Waals surface area contributed by atoms with E-state index in [1.54, 1.807) is 42.3 Å². The zero-order valence-electron chi connectivity index (χ0n) is 19.0. The van der Waals surface area contributed by atoms with Gasteiger partial charge < -0.3 is 9.30 Å². The van der Waals surface area contributed by atoms with Crippen LogP contribution < -0.4 is 10.3 Å². The predicted molar refractivity (Wildman–Crippen MR) is 126 cm³/mol. The van der Waals surface area contributed by atoms with Gasteiger partial charge in [-0.25, -0.2) is 9.37 Å². The second-order valence-corrected chi connectivity index (χ2v) is 8.55. The molecule has 1 aliphatic rings. The Morgan fingerprint density at radius 3 is 2.59 bits per heavy atom. The molecule has 5 rings (SSSR count). The molecule has 0 amide bonds. The fraction of sp³-hybridized carbons (Fsp3) is 0.222. The highest BCUT2D eigenvalue weighted by molar-refractivity contribution is 5.95. The van der Waals surface area contributed by atoms with Crippen molar-refractivity contribution in [2.45, 2.75) is 32.2 Å². The molecule has 34 heavy (non-hydrogen) atoms. The van der Waals surface area contributed by atoms with E-state index in [0.717, 1.165) is 22.5 Å². The Morgan fingerprint density at radius 2 is 1.88 bits per heavy atom. The quantitative estimate of drug-likeness (QED) is 0.438. The average molecular weight is 458 g/mol. The molecule has 0 fully saturated rings. The van der Waals surface area contributed by atoms with E-state index in [2.05, 4.69) is 4.98 Å². The van der Waals surface area contributed by atoms with Gasteiger partial charge in [-0.3, -0.25) is 14.2 Å². The number of pyridine rings is 1. The van der Waals surface area contributed by atoms with Crippen LogP contribution in [0.25, 0.3) is 5.69 Å². The van der Waals surface area contributed by atoms with Gasteiger partial charge in [-0.2, -0.15) is 0 Å². The van der Waals surface area contributed by atoms with Gasteiger partial charge in [0.15, 0.2) is 5.78 Å². The standard InChI is InChI=1S/C27H24FN3O3/c1-17-15-30(16-29-17)24-9-3-18(14-26(24)34-2)13-20-6-10-23-25(32)12-11-22(31(23)27(20)33)19-4-7-21(28)8-5-19/h3-10,14-16,22H,11-13H2,1-2H3. The molecule has 7 heteroatoms. The predicted octanol–water partition coefficient (Wildman–Crippen LogP) is 4.65. The highest BCUT2D eigenvalue weighted by Gasteiger charge is 2.28. The van der Waals surface area contributed by atoms with E-state index in [-0.39, 0.29) is 23.2 Å². The van der Waals surface area contributed by atoms with Crippen molar-refractivity contribution in [1.29, 1.82) is 0 Å². The summed E-state index contributed by atoms with van der Waals surface area (Å²) in [6.45, 7) is 1.92. The van der Waals surface area contributed by atoms with Crippen molar-refractivity contribution in [2.24, 2.45) is 0 Å². The molecule has 1 unspecified atom stereocenters. The zero-order valence-corrected chi connectivity index (χ0v) is 19.0. The number of carbonyl (C=O) groups excluding carboxylic acids is 1. The van der Waals surface area contributed by atoms with Crippen LogP contribution in [0, 0.1) is 12.7 Å². The summed E-state index contributed by atoms with van der Waals surface area (Å²) in [5.74, 6) is 0.288. The molecule has 0 saturated carbocycles. The van der Waals surface area contributed by atoms with E-state index in [4.69, 9.17) is 4.74 Å². The summed E-state index contributed by atoms with van der Waals surface area (Å²) >= 11 is 0. The molecule has 4 aromatic rings. The van der Waals surface area contributed by atoms with Gasteiger partial charge >= 0.3 is 0 Å². The summed E-state index contributed by atoms with van der Waals surface area (Å²) in [5.41, 5.74) is 4.27. The molecule has 3 heterocycles. The monoisotopic (exact) mass is 457 g/mol. The van der Waals surface area contributed by atoms with Crippen LogP contribution in [-0.4, -0.2) is 27.0 Å². The average Bonchev–Trinajstić information content (AvgIpc) is 3.28. The van der Waals surface area contributed by atoms with Crippen molar-refractivity contribution in [1.82, 2.24) is 14.1 Å². The van der Waals surface area contributed by atoms with Crippen molar-refractivity contribution < 1.29 is 13.9 Å². The number of aromatic nitrogens is 3. The minimum absolute atomic E-state index is 0.0522. The molecule has 0 bridgehead atoms. The minimum Gasteiger partial charge on any atom is -0.495 e. The number of rotatable bonds is 5. The first-order chi connectivity index (χ1) is 16.4. The van der Waals surface area contributed by atoms with E-state index in [0.29, 0.717) is 36.3 Å². The summed E-state index contributed by atoms with van der Waals surface area (Å²) in [6, 6.07) is 15.1. The first-order valence-corrected chi connectivity index (χ1v) is 11.2. The van der Waals surface area contributed by atoms with Gasteiger partial charge in [0.25, 0.3) is 5.56 Å². The number of benzene rings is 2. The Bertz CT molecular complexity index is 1440. The van der Waals surface area contributed by atoms with Gasteiger partial charge in [0, 0.05) is 24.6 Å². The second-order valence-electron chi connectivity index (χ2n) is 8.55. The Kier molecular flexibility index (Phi) is 5.61. The maximum atomic E-state index is 13.6. The molecule has 1 atom stereocenters. The normalized spacial score (nSPS) is 15.3. The third kappa shape index (κ3) is 3.94. The molecule has 6 nitrogen and oxygen atoms in total. The van der Waals surface area contributed by atoms with Crippen molar-refractivity contribution in [3.05, 3.63) is 111 Å². The van der Waals surface area contributed by atoms with Crippen LogP contribution in [0.3, 0.4) is 0 Å². The number of carbonyl (C=O) groups is 1. The molecule has 2 aromatic heterocycles. The van der Waals surface area contributed by atoms with Gasteiger partial charge in [0.2, 0.25) is 0 Å². The molecular weight excluding hydrogens is 433 g/mol. The maximum Gasteiger partial charge on any atom is 0.255 e. The molecule has 172 valence electrons. The Labute approximate surface area is 196 Å². The first-order valence-electron chi connectivity index (χ1n) is 11.2. The van der Waals surface area contributed by atoms with E-state index >= 15 is 0 Å². The topological polar surface area (TPSA) is 66.1 Å². The lowest BCUT2D eigenvalue weighted by Gasteiger charge is -2.28. The third-order valence-electron chi connectivity index (χ3n) is 6.32. The first kappa shape index (κ1) is 21.8. The van der Waals surface area contributed by atoms with E-state index in [1.165, 1.54) is 12.1 Å². The number of hydrogen-bond acceptors (Lipinski definition) is 4. The zero-order chi connectivity index (χ0) is 23.8. The molecule has 0 N–H and O–H groups in total. The number of fused-ring (bicyclic) bond motifs is 1. The van der Waals surface area contributed by atoms with Crippen molar-refractivity contribution in [2.75, 3.05) is 7.11 Å². The van der Waals surface area contributed by atoms with Gasteiger partial charge in [0.05, 0.1) is 36.6 Å². The highest BCUT2D eigenvalue weighted by atomic mass is 19.1. The Morgan fingerprint density at radius 1 is 1.09 bits per heavy atom. The fourth-order valence-electron chi connectivity index (χ4n) is 4.61. The lowest BCUT2D eigenvalue weighted by atomic mass is 9.93. The van der Waals surface area contributed by atoms with E-state index < -0.39 is 0 Å². The van der Waals surface area contributed by atoms with Crippen molar-refractivity contribution in [3.8, 4) is 11.4 Å². The van der Waals surface area contributed by atoms with E-state index in [1.807, 2.05) is 35.9 Å². The van der Waals surface area contributed by atoms with Crippen molar-refractivity contribution in [3.63, 3.8) is 0 Å². The molecular formula is C27H24FN3O3. The molecule has 1 aliphatic heterocycles. The molecule has 0 saturated heterocycles. The SMILES string of the molecule is COc1cc(Cc2ccc3n(c2=O)C(c2ccc(F)cc2)CCC3=O)ccc1-n1cnc(C)c1.